The van der Waals surface area contributed by atoms with Gasteiger partial charge >= 0.3 is 0 Å². The molecule has 2 saturated heterocycles. The number of carbonyl (C=O) groups is 3. The molecule has 3 aliphatic rings. The van der Waals surface area contributed by atoms with E-state index in [1.807, 2.05) is 11.4 Å². The molecule has 2 amide bonds. The summed E-state index contributed by atoms with van der Waals surface area (Å²) in [4.78, 5) is 51.0. The smallest absolute Gasteiger partial charge is 0.259 e. The van der Waals surface area contributed by atoms with Crippen molar-refractivity contribution in [3.8, 4) is 9.75 Å². The number of fused-ring (bicyclic) bond motifs is 3. The summed E-state index contributed by atoms with van der Waals surface area (Å²) < 4.78 is 34.0. The van der Waals surface area contributed by atoms with E-state index < -0.39 is 11.6 Å². The standard InChI is InChI=1S/C38H32F2N4O4S2/c39-28-4-1-5-29(40)27(28)20-31(45)32-19-24-10-15-44(30-11-18-49-34(30)33(24)50-32)37(47)23-6-8-25(9-7-23)42-36(46)26-3-2-14-41-35(26)43-21-38(22-43)12-16-48-17-13-38/h1-9,11,14,18-19H,10,12-13,15-17,20-22H2,(H,42,46). The summed E-state index contributed by atoms with van der Waals surface area (Å²) in [5.41, 5.74) is 3.20. The Bertz CT molecular complexity index is 2090. The van der Waals surface area contributed by atoms with E-state index in [1.54, 1.807) is 53.6 Å². The van der Waals surface area contributed by atoms with Gasteiger partial charge in [-0.2, -0.15) is 0 Å². The van der Waals surface area contributed by atoms with Gasteiger partial charge in [0.15, 0.2) is 5.78 Å². The van der Waals surface area contributed by atoms with Crippen LogP contribution in [-0.4, -0.2) is 55.4 Å². The quantitative estimate of drug-likeness (QED) is 0.175. The minimum atomic E-state index is -0.741. The number of nitrogens with zero attached hydrogens (tertiary/aromatic N) is 3. The van der Waals surface area contributed by atoms with E-state index >= 15 is 0 Å². The van der Waals surface area contributed by atoms with E-state index in [1.165, 1.54) is 28.7 Å². The Morgan fingerprint density at radius 3 is 2.46 bits per heavy atom. The third kappa shape index (κ3) is 6.01. The van der Waals surface area contributed by atoms with E-state index in [2.05, 4.69) is 15.2 Å². The summed E-state index contributed by atoms with van der Waals surface area (Å²) in [7, 11) is 0. The van der Waals surface area contributed by atoms with Gasteiger partial charge in [-0.15, -0.1) is 22.7 Å². The lowest BCUT2D eigenvalue weighted by Gasteiger charge is -2.53. The van der Waals surface area contributed by atoms with E-state index in [0.717, 1.165) is 72.3 Å². The molecule has 3 aromatic heterocycles. The lowest BCUT2D eigenvalue weighted by Crippen LogP contribution is -2.59. The van der Waals surface area contributed by atoms with Crippen molar-refractivity contribution in [2.75, 3.05) is 48.0 Å². The Labute approximate surface area is 295 Å². The van der Waals surface area contributed by atoms with Gasteiger partial charge in [-0.25, -0.2) is 13.8 Å². The summed E-state index contributed by atoms with van der Waals surface area (Å²) in [5.74, 6) is -1.61. The van der Waals surface area contributed by atoms with E-state index in [0.29, 0.717) is 40.5 Å². The molecule has 8 nitrogen and oxygen atoms in total. The number of pyridine rings is 1. The van der Waals surface area contributed by atoms with Crippen LogP contribution in [0.5, 0.6) is 0 Å². The van der Waals surface area contributed by atoms with Crippen molar-refractivity contribution < 1.29 is 27.9 Å². The molecule has 6 heterocycles. The third-order valence-electron chi connectivity index (χ3n) is 9.80. The Balaban J connectivity index is 0.952. The van der Waals surface area contributed by atoms with E-state index in [4.69, 9.17) is 4.74 Å². The van der Waals surface area contributed by atoms with Crippen LogP contribution < -0.4 is 15.1 Å². The molecule has 0 aliphatic carbocycles. The first kappa shape index (κ1) is 32.4. The Hall–Kier alpha value is -4.78. The second-order valence-electron chi connectivity index (χ2n) is 13.0. The maximum Gasteiger partial charge on any atom is 0.259 e. The Morgan fingerprint density at radius 1 is 0.940 bits per heavy atom. The van der Waals surface area contributed by atoms with Crippen LogP contribution in [-0.2, 0) is 17.6 Å². The topological polar surface area (TPSA) is 91.8 Å². The van der Waals surface area contributed by atoms with Crippen LogP contribution in [0.4, 0.5) is 26.0 Å². The van der Waals surface area contributed by atoms with Gasteiger partial charge in [0.2, 0.25) is 0 Å². The van der Waals surface area contributed by atoms with Crippen molar-refractivity contribution in [1.82, 2.24) is 4.98 Å². The van der Waals surface area contributed by atoms with Crippen LogP contribution in [0.25, 0.3) is 9.75 Å². The fourth-order valence-electron chi connectivity index (χ4n) is 7.05. The first-order valence-corrected chi connectivity index (χ1v) is 18.2. The molecular weight excluding hydrogens is 679 g/mol. The molecule has 0 bridgehead atoms. The number of halogens is 2. The number of rotatable bonds is 7. The number of anilines is 3. The van der Waals surface area contributed by atoms with Crippen molar-refractivity contribution in [1.29, 1.82) is 0 Å². The average molecular weight is 711 g/mol. The zero-order chi connectivity index (χ0) is 34.4. The third-order valence-corrected chi connectivity index (χ3v) is 12.1. The van der Waals surface area contributed by atoms with Gasteiger partial charge < -0.3 is 19.9 Å². The summed E-state index contributed by atoms with van der Waals surface area (Å²) in [6, 6.07) is 17.7. The van der Waals surface area contributed by atoms with Crippen molar-refractivity contribution in [3.05, 3.63) is 117 Å². The number of hydrogen-bond acceptors (Lipinski definition) is 8. The second-order valence-corrected chi connectivity index (χ2v) is 14.9. The van der Waals surface area contributed by atoms with Crippen LogP contribution in [0, 0.1) is 17.0 Å². The van der Waals surface area contributed by atoms with Crippen LogP contribution in [0.1, 0.15) is 54.4 Å². The van der Waals surface area contributed by atoms with Gasteiger partial charge in [0.1, 0.15) is 17.5 Å². The largest absolute Gasteiger partial charge is 0.381 e. The number of aromatic nitrogens is 1. The number of ether oxygens (including phenoxy) is 1. The summed E-state index contributed by atoms with van der Waals surface area (Å²) in [5, 5.41) is 4.88. The highest BCUT2D eigenvalue weighted by Crippen LogP contribution is 2.46. The van der Waals surface area contributed by atoms with Crippen molar-refractivity contribution in [2.24, 2.45) is 5.41 Å². The van der Waals surface area contributed by atoms with Crippen LogP contribution in [0.15, 0.2) is 78.3 Å². The maximum atomic E-state index is 14.2. The predicted octanol–water partition coefficient (Wildman–Crippen LogP) is 7.65. The van der Waals surface area contributed by atoms with Crippen molar-refractivity contribution >= 4 is 57.5 Å². The molecule has 50 heavy (non-hydrogen) atoms. The molecule has 0 atom stereocenters. The molecule has 0 radical (unpaired) electrons. The first-order chi connectivity index (χ1) is 24.3. The molecule has 0 unspecified atom stereocenters. The number of Topliss-reactive ketones (excluding diaryl/α,β-unsaturated/α-hetero) is 1. The average Bonchev–Trinajstić information content (AvgIpc) is 3.74. The minimum absolute atomic E-state index is 0.182. The van der Waals surface area contributed by atoms with Gasteiger partial charge in [0.25, 0.3) is 11.8 Å². The minimum Gasteiger partial charge on any atom is -0.381 e. The lowest BCUT2D eigenvalue weighted by molar-refractivity contribution is -0.000510. The van der Waals surface area contributed by atoms with Gasteiger partial charge in [0, 0.05) is 67.7 Å². The number of nitrogens with one attached hydrogen (secondary N) is 1. The van der Waals surface area contributed by atoms with E-state index in [9.17, 15) is 23.2 Å². The van der Waals surface area contributed by atoms with Crippen LogP contribution >= 0.6 is 22.7 Å². The Kier molecular flexibility index (Phi) is 8.54. The zero-order valence-corrected chi connectivity index (χ0v) is 28.5. The second kappa shape index (κ2) is 13.2. The highest BCUT2D eigenvalue weighted by atomic mass is 32.1. The number of amides is 2. The van der Waals surface area contributed by atoms with Crippen LogP contribution in [0.3, 0.4) is 0 Å². The number of carbonyl (C=O) groups excluding carboxylic acids is 3. The molecule has 254 valence electrons. The molecule has 5 aromatic rings. The predicted molar refractivity (Wildman–Crippen MR) is 191 cm³/mol. The molecular formula is C38H32F2N4O4S2. The van der Waals surface area contributed by atoms with Crippen molar-refractivity contribution in [3.63, 3.8) is 0 Å². The fourth-order valence-corrected chi connectivity index (χ4v) is 9.29. The fraction of sp³-hybridized carbons (Fsp3) is 0.263. The Morgan fingerprint density at radius 2 is 1.70 bits per heavy atom. The van der Waals surface area contributed by atoms with Gasteiger partial charge in [-0.1, -0.05) is 6.07 Å². The molecule has 1 N–H and O–H groups in total. The molecule has 0 saturated carbocycles. The SMILES string of the molecule is O=C(Cc1c(F)cccc1F)c1cc2c(s1)-c1sccc1N(C(=O)c1ccc(NC(=O)c3cccnc3N3CC4(CCOCC4)C3)cc1)CC2. The van der Waals surface area contributed by atoms with Crippen LogP contribution in [0.2, 0.25) is 0 Å². The number of benzene rings is 2. The molecule has 3 aliphatic heterocycles. The molecule has 1 spiro atoms. The van der Waals surface area contributed by atoms with Gasteiger partial charge in [-0.05, 0) is 90.9 Å². The van der Waals surface area contributed by atoms with Crippen molar-refractivity contribution in [2.45, 2.75) is 25.7 Å². The summed E-state index contributed by atoms with van der Waals surface area (Å²) >= 11 is 2.77. The zero-order valence-electron chi connectivity index (χ0n) is 26.9. The summed E-state index contributed by atoms with van der Waals surface area (Å²) in [6.45, 7) is 3.65. The molecule has 2 aromatic carbocycles. The molecule has 12 heteroatoms. The highest BCUT2D eigenvalue weighted by Gasteiger charge is 2.45. The van der Waals surface area contributed by atoms with Gasteiger partial charge in [-0.3, -0.25) is 14.4 Å². The number of ketones is 1. The number of thiophene rings is 2. The first-order valence-electron chi connectivity index (χ1n) is 16.5. The van der Waals surface area contributed by atoms with Gasteiger partial charge in [0.05, 0.1) is 25.9 Å². The summed E-state index contributed by atoms with van der Waals surface area (Å²) in [6.07, 6.45) is 3.89. The highest BCUT2D eigenvalue weighted by molar-refractivity contribution is 7.23. The maximum absolute atomic E-state index is 14.2. The lowest BCUT2D eigenvalue weighted by atomic mass is 9.73. The normalized spacial score (nSPS) is 16.3. The monoisotopic (exact) mass is 710 g/mol. The molecule has 2 fully saturated rings. The van der Waals surface area contributed by atoms with E-state index in [-0.39, 0.29) is 35.0 Å². The number of hydrogen-bond donors (Lipinski definition) is 1. The molecule has 8 rings (SSSR count).